The van der Waals surface area contributed by atoms with Gasteiger partial charge >= 0.3 is 0 Å². The maximum atomic E-state index is 10.8. The van der Waals surface area contributed by atoms with Crippen molar-refractivity contribution < 1.29 is 14.0 Å². The van der Waals surface area contributed by atoms with E-state index < -0.39 is 14.4 Å². The van der Waals surface area contributed by atoms with Crippen LogP contribution in [0.25, 0.3) is 0 Å². The third kappa shape index (κ3) is 5.05. The number of carbonyl (C=O) groups excluding carboxylic acids is 1. The largest absolute Gasteiger partial charge is 0.414 e. The van der Waals surface area contributed by atoms with Gasteiger partial charge in [-0.15, -0.1) is 6.58 Å². The molecule has 0 aliphatic heterocycles. The van der Waals surface area contributed by atoms with Crippen LogP contribution in [0.5, 0.6) is 0 Å². The topological polar surface area (TPSA) is 35.5 Å². The lowest BCUT2D eigenvalue weighted by molar-refractivity contribution is -0.119. The summed E-state index contributed by atoms with van der Waals surface area (Å²) in [7, 11) is -1.79. The molecular formula is C12H24O3Si. The summed E-state index contributed by atoms with van der Waals surface area (Å²) < 4.78 is 11.2. The van der Waals surface area contributed by atoms with Crippen LogP contribution in [0.15, 0.2) is 12.7 Å². The number of ether oxygens (including phenoxy) is 1. The van der Waals surface area contributed by atoms with Gasteiger partial charge < -0.3 is 14.0 Å². The second kappa shape index (κ2) is 6.32. The van der Waals surface area contributed by atoms with Gasteiger partial charge in [0.2, 0.25) is 0 Å². The van der Waals surface area contributed by atoms with Crippen LogP contribution >= 0.6 is 0 Å². The van der Waals surface area contributed by atoms with E-state index in [1.54, 1.807) is 6.08 Å². The minimum atomic E-state index is -1.79. The van der Waals surface area contributed by atoms with Gasteiger partial charge in [0.25, 0.3) is 0 Å². The van der Waals surface area contributed by atoms with Crippen molar-refractivity contribution in [1.82, 2.24) is 0 Å². The molecule has 1 atom stereocenters. The van der Waals surface area contributed by atoms with Crippen molar-refractivity contribution in [3.05, 3.63) is 12.7 Å². The molecule has 0 aliphatic rings. The van der Waals surface area contributed by atoms with Crippen LogP contribution in [0.2, 0.25) is 18.1 Å². The molecule has 0 aromatic heterocycles. The lowest BCUT2D eigenvalue weighted by Gasteiger charge is -2.36. The SMILES string of the molecule is C=CCO[C@@H](C=O)CO[Si](C)(C)C(C)(C)C. The van der Waals surface area contributed by atoms with Crippen molar-refractivity contribution in [3.63, 3.8) is 0 Å². The van der Waals surface area contributed by atoms with Crippen molar-refractivity contribution in [2.75, 3.05) is 13.2 Å². The smallest absolute Gasteiger partial charge is 0.192 e. The molecule has 94 valence electrons. The molecule has 0 fully saturated rings. The third-order valence-electron chi connectivity index (χ3n) is 2.99. The minimum Gasteiger partial charge on any atom is -0.414 e. The molecule has 0 unspecified atom stereocenters. The van der Waals surface area contributed by atoms with Crippen LogP contribution in [0.1, 0.15) is 20.8 Å². The van der Waals surface area contributed by atoms with E-state index in [0.717, 1.165) is 6.29 Å². The Balaban J connectivity index is 4.20. The predicted octanol–water partition coefficient (Wildman–Crippen LogP) is 2.78. The molecule has 0 heterocycles. The Kier molecular flexibility index (Phi) is 6.14. The lowest BCUT2D eigenvalue weighted by Crippen LogP contribution is -2.43. The van der Waals surface area contributed by atoms with E-state index in [4.69, 9.17) is 9.16 Å². The van der Waals surface area contributed by atoms with Crippen molar-refractivity contribution in [3.8, 4) is 0 Å². The van der Waals surface area contributed by atoms with Crippen molar-refractivity contribution in [2.45, 2.75) is 45.0 Å². The first-order valence-electron chi connectivity index (χ1n) is 5.56. The number of hydrogen-bond donors (Lipinski definition) is 0. The number of hydrogen-bond acceptors (Lipinski definition) is 3. The van der Waals surface area contributed by atoms with Crippen LogP contribution in [0.3, 0.4) is 0 Å². The fraction of sp³-hybridized carbons (Fsp3) is 0.750. The molecule has 0 aliphatic carbocycles. The monoisotopic (exact) mass is 244 g/mol. The normalized spacial score (nSPS) is 14.6. The Labute approximate surface area is 100.0 Å². The number of aldehydes is 1. The summed E-state index contributed by atoms with van der Waals surface area (Å²) >= 11 is 0. The van der Waals surface area contributed by atoms with Crippen molar-refractivity contribution in [1.29, 1.82) is 0 Å². The Hall–Kier alpha value is -0.453. The molecule has 0 amide bonds. The number of rotatable bonds is 7. The second-order valence-corrected chi connectivity index (χ2v) is 10.2. The maximum absolute atomic E-state index is 10.8. The van der Waals surface area contributed by atoms with E-state index in [1.807, 2.05) is 0 Å². The summed E-state index contributed by atoms with van der Waals surface area (Å²) in [6.07, 6.45) is 1.94. The highest BCUT2D eigenvalue weighted by atomic mass is 28.4. The first-order valence-corrected chi connectivity index (χ1v) is 8.47. The zero-order valence-electron chi connectivity index (χ0n) is 11.1. The molecule has 0 saturated carbocycles. The fourth-order valence-corrected chi connectivity index (χ4v) is 1.84. The first-order chi connectivity index (χ1) is 7.24. The van der Waals surface area contributed by atoms with Gasteiger partial charge in [0, 0.05) is 0 Å². The summed E-state index contributed by atoms with van der Waals surface area (Å²) in [6, 6.07) is 0. The molecule has 0 radical (unpaired) electrons. The fourth-order valence-electron chi connectivity index (χ4n) is 0.825. The maximum Gasteiger partial charge on any atom is 0.192 e. The van der Waals surface area contributed by atoms with Crippen LogP contribution in [-0.2, 0) is 14.0 Å². The molecule has 0 saturated heterocycles. The standard InChI is InChI=1S/C12H24O3Si/c1-7-8-14-11(9-13)10-15-16(5,6)12(2,3)4/h7,9,11H,1,8,10H2,2-6H3/t11-/m0/s1. The zero-order valence-corrected chi connectivity index (χ0v) is 12.1. The van der Waals surface area contributed by atoms with E-state index in [2.05, 4.69) is 40.4 Å². The summed E-state index contributed by atoms with van der Waals surface area (Å²) in [5.41, 5.74) is 0. The highest BCUT2D eigenvalue weighted by Gasteiger charge is 2.37. The summed E-state index contributed by atoms with van der Waals surface area (Å²) in [4.78, 5) is 10.8. The Morgan fingerprint density at radius 3 is 2.31 bits per heavy atom. The van der Waals surface area contributed by atoms with Crippen LogP contribution in [0, 0.1) is 0 Å². The van der Waals surface area contributed by atoms with Crippen molar-refractivity contribution >= 4 is 14.6 Å². The average molecular weight is 244 g/mol. The minimum absolute atomic E-state index is 0.152. The lowest BCUT2D eigenvalue weighted by atomic mass is 10.2. The van der Waals surface area contributed by atoms with Gasteiger partial charge in [0.1, 0.15) is 6.10 Å². The third-order valence-corrected chi connectivity index (χ3v) is 7.50. The molecule has 0 bridgehead atoms. The number of carbonyl (C=O) groups is 1. The highest BCUT2D eigenvalue weighted by molar-refractivity contribution is 6.74. The predicted molar refractivity (Wildman–Crippen MR) is 69.2 cm³/mol. The average Bonchev–Trinajstić information content (AvgIpc) is 2.16. The summed E-state index contributed by atoms with van der Waals surface area (Å²) in [5.74, 6) is 0. The highest BCUT2D eigenvalue weighted by Crippen LogP contribution is 2.36. The molecule has 0 aromatic carbocycles. The van der Waals surface area contributed by atoms with Gasteiger partial charge in [-0.1, -0.05) is 26.8 Å². The van der Waals surface area contributed by atoms with E-state index in [1.165, 1.54) is 0 Å². The summed E-state index contributed by atoms with van der Waals surface area (Å²) in [5, 5.41) is 0.152. The van der Waals surface area contributed by atoms with Gasteiger partial charge in [-0.05, 0) is 18.1 Å². The van der Waals surface area contributed by atoms with Gasteiger partial charge in [-0.25, -0.2) is 0 Å². The Morgan fingerprint density at radius 2 is 1.94 bits per heavy atom. The second-order valence-electron chi connectivity index (χ2n) is 5.37. The van der Waals surface area contributed by atoms with Crippen molar-refractivity contribution in [2.24, 2.45) is 0 Å². The van der Waals surface area contributed by atoms with Crippen LogP contribution in [0.4, 0.5) is 0 Å². The van der Waals surface area contributed by atoms with Gasteiger partial charge in [0.15, 0.2) is 14.6 Å². The van der Waals surface area contributed by atoms with Crippen LogP contribution < -0.4 is 0 Å². The molecule has 0 aromatic rings. The molecule has 0 rings (SSSR count). The van der Waals surface area contributed by atoms with E-state index in [0.29, 0.717) is 13.2 Å². The molecule has 3 nitrogen and oxygen atoms in total. The van der Waals surface area contributed by atoms with Gasteiger partial charge in [0.05, 0.1) is 13.2 Å². The first kappa shape index (κ1) is 15.5. The Bertz CT molecular complexity index is 231. The molecular weight excluding hydrogens is 220 g/mol. The van der Waals surface area contributed by atoms with E-state index in [9.17, 15) is 4.79 Å². The van der Waals surface area contributed by atoms with E-state index >= 15 is 0 Å². The zero-order chi connectivity index (χ0) is 12.8. The molecule has 0 N–H and O–H groups in total. The van der Waals surface area contributed by atoms with E-state index in [-0.39, 0.29) is 5.04 Å². The molecule has 16 heavy (non-hydrogen) atoms. The molecule has 0 spiro atoms. The van der Waals surface area contributed by atoms with Crippen LogP contribution in [-0.4, -0.2) is 33.9 Å². The van der Waals surface area contributed by atoms with Gasteiger partial charge in [-0.3, -0.25) is 0 Å². The summed E-state index contributed by atoms with van der Waals surface area (Å²) in [6.45, 7) is 15.1. The quantitative estimate of drug-likeness (QED) is 0.392. The molecule has 4 heteroatoms. The van der Waals surface area contributed by atoms with Gasteiger partial charge in [-0.2, -0.15) is 0 Å². The Morgan fingerprint density at radius 1 is 1.38 bits per heavy atom.